The van der Waals surface area contributed by atoms with E-state index in [0.29, 0.717) is 0 Å². The molecule has 10 heteroatoms. The zero-order chi connectivity index (χ0) is 22.1. The maximum absolute atomic E-state index is 13.4. The molecule has 0 atom stereocenters. The molecular weight excluding hydrogens is 414 g/mol. The largest absolute Gasteiger partial charge is 0.453 e. The van der Waals surface area contributed by atoms with E-state index in [1.54, 1.807) is 0 Å². The number of alkyl halides is 6. The number of hydrogen-bond acceptors (Lipinski definition) is 4. The SMILES string of the molecule is Nc1cccc(Oc2ccccc2Oc2cccc(N)c2C(F)(F)F)c1C(F)(F)F. The fraction of sp³-hybridized carbons (Fsp3) is 0.100. The average Bonchev–Trinajstić information content (AvgIpc) is 2.61. The lowest BCUT2D eigenvalue weighted by atomic mass is 10.1. The molecule has 0 aliphatic heterocycles. The zero-order valence-electron chi connectivity index (χ0n) is 15.0. The van der Waals surface area contributed by atoms with Gasteiger partial charge in [0.25, 0.3) is 0 Å². The van der Waals surface area contributed by atoms with Crippen molar-refractivity contribution in [2.45, 2.75) is 12.4 Å². The molecule has 4 N–H and O–H groups in total. The van der Waals surface area contributed by atoms with Crippen LogP contribution in [-0.2, 0) is 12.4 Å². The van der Waals surface area contributed by atoms with Gasteiger partial charge < -0.3 is 20.9 Å². The summed E-state index contributed by atoms with van der Waals surface area (Å²) in [7, 11) is 0. The molecule has 30 heavy (non-hydrogen) atoms. The smallest absolute Gasteiger partial charge is 0.421 e. The van der Waals surface area contributed by atoms with Gasteiger partial charge in [0.15, 0.2) is 11.5 Å². The lowest BCUT2D eigenvalue weighted by molar-refractivity contribution is -0.138. The summed E-state index contributed by atoms with van der Waals surface area (Å²) in [6.07, 6.45) is -9.62. The molecule has 3 aromatic carbocycles. The van der Waals surface area contributed by atoms with E-state index in [4.69, 9.17) is 20.9 Å². The molecule has 158 valence electrons. The first kappa shape index (κ1) is 21.2. The number of para-hydroxylation sites is 2. The van der Waals surface area contributed by atoms with Gasteiger partial charge in [-0.15, -0.1) is 0 Å². The van der Waals surface area contributed by atoms with Crippen molar-refractivity contribution in [3.05, 3.63) is 71.8 Å². The number of nitrogens with two attached hydrogens (primary N) is 2. The summed E-state index contributed by atoms with van der Waals surface area (Å²) in [6.45, 7) is 0. The maximum atomic E-state index is 13.4. The van der Waals surface area contributed by atoms with E-state index in [0.717, 1.165) is 24.3 Å². The first-order valence-corrected chi connectivity index (χ1v) is 8.34. The van der Waals surface area contributed by atoms with Crippen molar-refractivity contribution in [3.8, 4) is 23.0 Å². The number of anilines is 2. The molecule has 0 bridgehead atoms. The van der Waals surface area contributed by atoms with E-state index in [-0.39, 0.29) is 11.5 Å². The van der Waals surface area contributed by atoms with Crippen LogP contribution in [0.25, 0.3) is 0 Å². The minimum Gasteiger partial charge on any atom is -0.453 e. The molecule has 0 radical (unpaired) electrons. The molecule has 3 rings (SSSR count). The monoisotopic (exact) mass is 428 g/mol. The molecule has 0 aromatic heterocycles. The van der Waals surface area contributed by atoms with Crippen molar-refractivity contribution in [1.82, 2.24) is 0 Å². The van der Waals surface area contributed by atoms with Gasteiger partial charge in [-0.05, 0) is 36.4 Å². The third-order valence-corrected chi connectivity index (χ3v) is 3.97. The van der Waals surface area contributed by atoms with Gasteiger partial charge in [0, 0.05) is 11.4 Å². The van der Waals surface area contributed by atoms with Gasteiger partial charge in [-0.25, -0.2) is 0 Å². The van der Waals surface area contributed by atoms with Crippen LogP contribution in [0.5, 0.6) is 23.0 Å². The molecule has 4 nitrogen and oxygen atoms in total. The highest BCUT2D eigenvalue weighted by Gasteiger charge is 2.38. The Labute approximate surface area is 166 Å². The van der Waals surface area contributed by atoms with Crippen LogP contribution in [0.1, 0.15) is 11.1 Å². The van der Waals surface area contributed by atoms with Crippen LogP contribution in [-0.4, -0.2) is 0 Å². The fourth-order valence-electron chi connectivity index (χ4n) is 2.73. The summed E-state index contributed by atoms with van der Waals surface area (Å²) in [4.78, 5) is 0. The number of hydrogen-bond donors (Lipinski definition) is 2. The van der Waals surface area contributed by atoms with Gasteiger partial charge in [0.05, 0.1) is 0 Å². The molecule has 0 saturated heterocycles. The van der Waals surface area contributed by atoms with E-state index in [1.165, 1.54) is 36.4 Å². The number of nitrogen functional groups attached to an aromatic ring is 2. The van der Waals surface area contributed by atoms with Crippen molar-refractivity contribution in [3.63, 3.8) is 0 Å². The second-order valence-electron chi connectivity index (χ2n) is 6.09. The lowest BCUT2D eigenvalue weighted by Gasteiger charge is -2.19. The Morgan fingerprint density at radius 3 is 1.17 bits per heavy atom. The molecule has 0 spiro atoms. The van der Waals surface area contributed by atoms with Gasteiger partial charge in [0.1, 0.15) is 22.6 Å². The molecule has 0 heterocycles. The molecule has 0 aliphatic rings. The number of benzene rings is 3. The lowest BCUT2D eigenvalue weighted by Crippen LogP contribution is -2.11. The average molecular weight is 428 g/mol. The normalized spacial score (nSPS) is 11.9. The van der Waals surface area contributed by atoms with Crippen molar-refractivity contribution in [2.24, 2.45) is 0 Å². The number of ether oxygens (including phenoxy) is 2. The van der Waals surface area contributed by atoms with E-state index in [9.17, 15) is 26.3 Å². The summed E-state index contributed by atoms with van der Waals surface area (Å²) in [6, 6.07) is 12.0. The number of halogens is 6. The first-order chi connectivity index (χ1) is 14.0. The molecule has 0 fully saturated rings. The molecule has 0 amide bonds. The van der Waals surface area contributed by atoms with Crippen LogP contribution < -0.4 is 20.9 Å². The summed E-state index contributed by atoms with van der Waals surface area (Å²) in [5, 5.41) is 0. The molecule has 3 aromatic rings. The van der Waals surface area contributed by atoms with Gasteiger partial charge in [-0.3, -0.25) is 0 Å². The summed E-state index contributed by atoms with van der Waals surface area (Å²) in [5.74, 6) is -1.74. The second kappa shape index (κ2) is 7.69. The fourth-order valence-corrected chi connectivity index (χ4v) is 2.73. The minimum absolute atomic E-state index is 0.246. The van der Waals surface area contributed by atoms with Crippen LogP contribution >= 0.6 is 0 Å². The van der Waals surface area contributed by atoms with E-state index in [2.05, 4.69) is 0 Å². The molecule has 0 unspecified atom stereocenters. The van der Waals surface area contributed by atoms with Crippen molar-refractivity contribution in [1.29, 1.82) is 0 Å². The van der Waals surface area contributed by atoms with Crippen LogP contribution in [0.4, 0.5) is 37.7 Å². The standard InChI is InChI=1S/C20H14F6N2O2/c21-19(22,23)17-11(27)5-3-9-15(17)29-13-7-1-2-8-14(13)30-16-10-4-6-12(28)18(16)20(24,25)26/h1-10H,27-28H2. The highest BCUT2D eigenvalue weighted by atomic mass is 19.4. The predicted octanol–water partition coefficient (Wildman–Crippen LogP) is 6.47. The summed E-state index contributed by atoms with van der Waals surface area (Å²) in [5.41, 5.74) is 7.33. The Morgan fingerprint density at radius 1 is 0.500 bits per heavy atom. The van der Waals surface area contributed by atoms with E-state index < -0.39 is 46.4 Å². The molecule has 0 saturated carbocycles. The Bertz CT molecular complexity index is 979. The summed E-state index contributed by atoms with van der Waals surface area (Å²) >= 11 is 0. The zero-order valence-corrected chi connectivity index (χ0v) is 15.0. The van der Waals surface area contributed by atoms with Gasteiger partial charge in [0.2, 0.25) is 0 Å². The van der Waals surface area contributed by atoms with Crippen LogP contribution in [0.2, 0.25) is 0 Å². The molecule has 0 aliphatic carbocycles. The Balaban J connectivity index is 2.03. The third kappa shape index (κ3) is 4.37. The highest BCUT2D eigenvalue weighted by Crippen LogP contribution is 2.46. The highest BCUT2D eigenvalue weighted by molar-refractivity contribution is 5.59. The van der Waals surface area contributed by atoms with Crippen LogP contribution in [0.15, 0.2) is 60.7 Å². The Morgan fingerprint density at radius 2 is 0.833 bits per heavy atom. The van der Waals surface area contributed by atoms with Gasteiger partial charge in [-0.1, -0.05) is 24.3 Å². The maximum Gasteiger partial charge on any atom is 0.421 e. The quantitative estimate of drug-likeness (QED) is 0.369. The van der Waals surface area contributed by atoms with Crippen molar-refractivity contribution >= 4 is 11.4 Å². The predicted molar refractivity (Wildman–Crippen MR) is 98.3 cm³/mol. The van der Waals surface area contributed by atoms with Crippen LogP contribution in [0.3, 0.4) is 0 Å². The van der Waals surface area contributed by atoms with E-state index in [1.807, 2.05) is 0 Å². The molecular formula is C20H14F6N2O2. The summed E-state index contributed by atoms with van der Waals surface area (Å²) < 4.78 is 90.8. The van der Waals surface area contributed by atoms with E-state index >= 15 is 0 Å². The van der Waals surface area contributed by atoms with Crippen molar-refractivity contribution < 1.29 is 35.8 Å². The topological polar surface area (TPSA) is 70.5 Å². The number of rotatable bonds is 4. The third-order valence-electron chi connectivity index (χ3n) is 3.97. The minimum atomic E-state index is -4.81. The van der Waals surface area contributed by atoms with Crippen LogP contribution in [0, 0.1) is 0 Å². The van der Waals surface area contributed by atoms with Gasteiger partial charge >= 0.3 is 12.4 Å². The van der Waals surface area contributed by atoms with Gasteiger partial charge in [-0.2, -0.15) is 26.3 Å². The first-order valence-electron chi connectivity index (χ1n) is 8.34. The Hall–Kier alpha value is -3.56. The Kier molecular flexibility index (Phi) is 5.43. The second-order valence-corrected chi connectivity index (χ2v) is 6.09. The van der Waals surface area contributed by atoms with Crippen molar-refractivity contribution in [2.75, 3.05) is 11.5 Å².